The Morgan fingerprint density at radius 2 is 1.75 bits per heavy atom. The van der Waals surface area contributed by atoms with Crippen molar-refractivity contribution in [3.63, 3.8) is 0 Å². The third-order valence-corrected chi connectivity index (χ3v) is 1.95. The van der Waals surface area contributed by atoms with Crippen LogP contribution in [0.5, 0.6) is 0 Å². The second-order valence-electron chi connectivity index (χ2n) is 3.20. The predicted octanol–water partition coefficient (Wildman–Crippen LogP) is 3.48. The van der Waals surface area contributed by atoms with Crippen molar-refractivity contribution in [3.05, 3.63) is 45.3 Å². The Balaban J connectivity index is 3.17. The van der Waals surface area contributed by atoms with Crippen molar-refractivity contribution in [1.29, 1.82) is 0 Å². The average molecular weight is 233 g/mol. The second kappa shape index (κ2) is 4.85. The molecule has 0 unspecified atom stereocenters. The van der Waals surface area contributed by atoms with E-state index in [-0.39, 0.29) is 6.07 Å². The Labute approximate surface area is 88.3 Å². The number of halogens is 4. The van der Waals surface area contributed by atoms with Gasteiger partial charge in [0.25, 0.3) is 0 Å². The van der Waals surface area contributed by atoms with Gasteiger partial charge < -0.3 is 0 Å². The summed E-state index contributed by atoms with van der Waals surface area (Å²) in [6.45, 7) is 1.38. The summed E-state index contributed by atoms with van der Waals surface area (Å²) in [4.78, 5) is 2.43. The lowest BCUT2D eigenvalue weighted by Crippen LogP contribution is -2.09. The summed E-state index contributed by atoms with van der Waals surface area (Å²) in [6, 6.07) is -0.665. The lowest BCUT2D eigenvalue weighted by molar-refractivity contribution is 0.435. The van der Waals surface area contributed by atoms with Gasteiger partial charge in [-0.25, -0.2) is 17.6 Å². The van der Waals surface area contributed by atoms with E-state index in [2.05, 4.69) is 10.0 Å². The van der Waals surface area contributed by atoms with Crippen LogP contribution < -0.4 is 0 Å². The summed E-state index contributed by atoms with van der Waals surface area (Å²) in [5.41, 5.74) is 7.33. The van der Waals surface area contributed by atoms with Gasteiger partial charge in [0.15, 0.2) is 23.3 Å². The van der Waals surface area contributed by atoms with Gasteiger partial charge in [-0.2, -0.15) is 0 Å². The smallest absolute Gasteiger partial charge is 0.165 e. The molecule has 0 heterocycles. The fourth-order valence-electron chi connectivity index (χ4n) is 1.23. The van der Waals surface area contributed by atoms with Crippen LogP contribution in [0.3, 0.4) is 0 Å². The van der Waals surface area contributed by atoms with Gasteiger partial charge in [-0.1, -0.05) is 12.0 Å². The quantitative estimate of drug-likeness (QED) is 0.252. The van der Waals surface area contributed by atoms with Crippen LogP contribution in [0.2, 0.25) is 0 Å². The minimum atomic E-state index is -1.47. The Morgan fingerprint density at radius 3 is 2.19 bits per heavy atom. The average Bonchev–Trinajstić information content (AvgIpc) is 2.22. The van der Waals surface area contributed by atoms with E-state index in [1.165, 1.54) is 6.92 Å². The molecule has 1 aromatic carbocycles. The van der Waals surface area contributed by atoms with Crippen molar-refractivity contribution < 1.29 is 17.6 Å². The molecule has 16 heavy (non-hydrogen) atoms. The molecule has 0 aliphatic rings. The van der Waals surface area contributed by atoms with Crippen LogP contribution in [0.25, 0.3) is 10.4 Å². The van der Waals surface area contributed by atoms with E-state index in [1.54, 1.807) is 0 Å². The number of azide groups is 1. The van der Waals surface area contributed by atoms with Crippen molar-refractivity contribution in [2.75, 3.05) is 0 Å². The highest BCUT2D eigenvalue weighted by Gasteiger charge is 2.20. The standard InChI is InChI=1S/C9H7F4N3/c1-4(15-16-14)2-5-8(12)6(10)3-7(11)9(5)13/h3-4H,2H2,1H3/t4-/m0/s1. The highest BCUT2D eigenvalue weighted by atomic mass is 19.2. The van der Waals surface area contributed by atoms with Gasteiger partial charge in [0.1, 0.15) is 0 Å². The molecule has 0 amide bonds. The fourth-order valence-corrected chi connectivity index (χ4v) is 1.23. The molecule has 0 aliphatic carbocycles. The molecule has 1 atom stereocenters. The molecular formula is C9H7F4N3. The molecule has 0 saturated heterocycles. The first-order chi connectivity index (χ1) is 7.47. The summed E-state index contributed by atoms with van der Waals surface area (Å²) < 4.78 is 51.8. The first kappa shape index (κ1) is 12.3. The topological polar surface area (TPSA) is 48.8 Å². The number of nitrogens with zero attached hydrogens (tertiary/aromatic N) is 3. The van der Waals surface area contributed by atoms with Gasteiger partial charge in [0.2, 0.25) is 0 Å². The fraction of sp³-hybridized carbons (Fsp3) is 0.333. The zero-order valence-electron chi connectivity index (χ0n) is 8.22. The van der Waals surface area contributed by atoms with Gasteiger partial charge in [0.05, 0.1) is 0 Å². The second-order valence-corrected chi connectivity index (χ2v) is 3.20. The molecule has 0 aromatic heterocycles. The Morgan fingerprint density at radius 1 is 1.25 bits per heavy atom. The first-order valence-corrected chi connectivity index (χ1v) is 4.33. The maximum absolute atomic E-state index is 13.1. The van der Waals surface area contributed by atoms with Crippen LogP contribution in [0, 0.1) is 23.3 Å². The SMILES string of the molecule is C[C@@H](Cc1c(F)c(F)cc(F)c1F)N=[N+]=[N-]. The number of benzene rings is 1. The van der Waals surface area contributed by atoms with E-state index in [4.69, 9.17) is 5.53 Å². The number of hydrogen-bond donors (Lipinski definition) is 0. The summed E-state index contributed by atoms with van der Waals surface area (Å²) in [5, 5.41) is 3.16. The van der Waals surface area contributed by atoms with Gasteiger partial charge in [-0.3, -0.25) is 0 Å². The molecule has 0 saturated carbocycles. The van der Waals surface area contributed by atoms with Gasteiger partial charge in [-0.05, 0) is 12.0 Å². The monoisotopic (exact) mass is 233 g/mol. The van der Waals surface area contributed by atoms with E-state index in [0.29, 0.717) is 0 Å². The maximum atomic E-state index is 13.1. The van der Waals surface area contributed by atoms with Crippen molar-refractivity contribution in [2.45, 2.75) is 19.4 Å². The van der Waals surface area contributed by atoms with Crippen LogP contribution in [-0.2, 0) is 6.42 Å². The van der Waals surface area contributed by atoms with E-state index >= 15 is 0 Å². The normalized spacial score (nSPS) is 12.1. The molecule has 0 aliphatic heterocycles. The van der Waals surface area contributed by atoms with Gasteiger partial charge >= 0.3 is 0 Å². The Hall–Kier alpha value is -1.75. The molecule has 3 nitrogen and oxygen atoms in total. The van der Waals surface area contributed by atoms with Crippen LogP contribution in [0.1, 0.15) is 12.5 Å². The van der Waals surface area contributed by atoms with Gasteiger partial charge in [0, 0.05) is 22.6 Å². The minimum absolute atomic E-state index is 0.131. The van der Waals surface area contributed by atoms with Crippen molar-refractivity contribution in [2.24, 2.45) is 5.11 Å². The van der Waals surface area contributed by atoms with Gasteiger partial charge in [-0.15, -0.1) is 0 Å². The maximum Gasteiger partial charge on any atom is 0.165 e. The first-order valence-electron chi connectivity index (χ1n) is 4.33. The van der Waals surface area contributed by atoms with E-state index in [1.807, 2.05) is 0 Å². The molecule has 0 radical (unpaired) electrons. The lowest BCUT2D eigenvalue weighted by Gasteiger charge is -2.08. The summed E-state index contributed by atoms with van der Waals surface area (Å²) >= 11 is 0. The molecule has 86 valence electrons. The van der Waals surface area contributed by atoms with Crippen LogP contribution >= 0.6 is 0 Å². The largest absolute Gasteiger partial charge is 0.204 e. The molecular weight excluding hydrogens is 226 g/mol. The molecule has 0 fully saturated rings. The zero-order valence-corrected chi connectivity index (χ0v) is 8.22. The highest BCUT2D eigenvalue weighted by Crippen LogP contribution is 2.21. The van der Waals surface area contributed by atoms with E-state index in [0.717, 1.165) is 0 Å². The zero-order chi connectivity index (χ0) is 12.3. The third kappa shape index (κ3) is 2.43. The number of rotatable bonds is 3. The van der Waals surface area contributed by atoms with Crippen LogP contribution in [0.15, 0.2) is 11.2 Å². The number of hydrogen-bond acceptors (Lipinski definition) is 1. The lowest BCUT2D eigenvalue weighted by atomic mass is 10.1. The van der Waals surface area contributed by atoms with Crippen molar-refractivity contribution >= 4 is 0 Å². The molecule has 0 bridgehead atoms. The third-order valence-electron chi connectivity index (χ3n) is 1.95. The minimum Gasteiger partial charge on any atom is -0.204 e. The van der Waals surface area contributed by atoms with E-state index < -0.39 is 41.3 Å². The molecule has 0 spiro atoms. The predicted molar refractivity (Wildman–Crippen MR) is 48.6 cm³/mol. The van der Waals surface area contributed by atoms with Crippen molar-refractivity contribution in [1.82, 2.24) is 0 Å². The van der Waals surface area contributed by atoms with E-state index in [9.17, 15) is 17.6 Å². The molecule has 1 aromatic rings. The summed E-state index contributed by atoms with van der Waals surface area (Å²) in [5.74, 6) is -5.86. The summed E-state index contributed by atoms with van der Waals surface area (Å²) in [7, 11) is 0. The van der Waals surface area contributed by atoms with Crippen molar-refractivity contribution in [3.8, 4) is 0 Å². The van der Waals surface area contributed by atoms with Crippen LogP contribution in [-0.4, -0.2) is 6.04 Å². The Bertz CT molecular complexity index is 428. The highest BCUT2D eigenvalue weighted by molar-refractivity contribution is 5.23. The van der Waals surface area contributed by atoms with Crippen LogP contribution in [0.4, 0.5) is 17.6 Å². The molecule has 7 heteroatoms. The molecule has 1 rings (SSSR count). The summed E-state index contributed by atoms with van der Waals surface area (Å²) in [6.07, 6.45) is -0.406. The Kier molecular flexibility index (Phi) is 3.73. The molecule has 0 N–H and O–H groups in total.